The van der Waals surface area contributed by atoms with Crippen LogP contribution in [0.4, 0.5) is 0 Å². The third kappa shape index (κ3) is 9.37. The van der Waals surface area contributed by atoms with Crippen molar-refractivity contribution in [1.29, 1.82) is 0 Å². The number of allylic oxidation sites excluding steroid dienone is 5. The Hall–Kier alpha value is -3.10. The number of carboxylic acids is 1. The van der Waals surface area contributed by atoms with Gasteiger partial charge in [0.05, 0.1) is 18.6 Å². The molecule has 0 spiro atoms. The largest absolute Gasteiger partial charge is 0.481 e. The van der Waals surface area contributed by atoms with Crippen LogP contribution in [-0.4, -0.2) is 42.6 Å². The van der Waals surface area contributed by atoms with Crippen molar-refractivity contribution >= 4 is 11.9 Å². The summed E-state index contributed by atoms with van der Waals surface area (Å²) in [5.74, 6) is 5.60. The van der Waals surface area contributed by atoms with Crippen LogP contribution in [0.1, 0.15) is 112 Å². The van der Waals surface area contributed by atoms with Gasteiger partial charge in [-0.25, -0.2) is 4.79 Å². The van der Waals surface area contributed by atoms with Gasteiger partial charge in [0.1, 0.15) is 0 Å². The summed E-state index contributed by atoms with van der Waals surface area (Å²) in [7, 11) is 4.09. The smallest absolute Gasteiger partial charge is 0.338 e. The van der Waals surface area contributed by atoms with Gasteiger partial charge in [-0.15, -0.1) is 0 Å². The van der Waals surface area contributed by atoms with E-state index in [9.17, 15) is 9.59 Å². The molecule has 1 saturated carbocycles. The molecule has 200 valence electrons. The Morgan fingerprint density at radius 3 is 2.35 bits per heavy atom. The molecule has 3 aliphatic rings. The van der Waals surface area contributed by atoms with E-state index in [4.69, 9.17) is 9.84 Å². The van der Waals surface area contributed by atoms with Crippen LogP contribution in [0.15, 0.2) is 47.6 Å². The summed E-state index contributed by atoms with van der Waals surface area (Å²) >= 11 is 0. The molecule has 0 amide bonds. The van der Waals surface area contributed by atoms with Crippen LogP contribution in [0.25, 0.3) is 0 Å². The van der Waals surface area contributed by atoms with Crippen molar-refractivity contribution < 1.29 is 19.4 Å². The standard InChI is InChI=1S/C27H31NO4.C3H6.C2H6/c1-5-32-27(31)23-16-21(15-22-18(2)9-14-24(26(22)23)28(3)4)13-11-19-7-6-8-20(12-10-19)17-25(29)30;1-2-3-1;1-2/h7-8,10,12,15-16,18,24H,5-6,9,14,17H2,1-4H3,(H,29,30);1-3H2;1-2H3. The molecule has 3 aliphatic carbocycles. The van der Waals surface area contributed by atoms with Gasteiger partial charge in [-0.2, -0.15) is 0 Å². The number of rotatable bonds is 5. The van der Waals surface area contributed by atoms with Crippen molar-refractivity contribution in [1.82, 2.24) is 4.90 Å². The lowest BCUT2D eigenvalue weighted by molar-refractivity contribution is -0.136. The van der Waals surface area contributed by atoms with Gasteiger partial charge in [-0.05, 0) is 81.1 Å². The number of hydrogen-bond donors (Lipinski definition) is 1. The Morgan fingerprint density at radius 2 is 1.76 bits per heavy atom. The summed E-state index contributed by atoms with van der Waals surface area (Å²) in [4.78, 5) is 26.0. The van der Waals surface area contributed by atoms with Gasteiger partial charge in [0.2, 0.25) is 0 Å². The Balaban J connectivity index is 0.000000876. The number of esters is 1. The molecule has 0 saturated heterocycles. The Kier molecular flexibility index (Phi) is 12.4. The molecule has 0 heterocycles. The molecular weight excluding hydrogens is 462 g/mol. The van der Waals surface area contributed by atoms with Gasteiger partial charge in [0.25, 0.3) is 0 Å². The average Bonchev–Trinajstić information content (AvgIpc) is 3.76. The van der Waals surface area contributed by atoms with E-state index in [2.05, 4.69) is 29.7 Å². The first-order chi connectivity index (χ1) is 17.8. The first-order valence-corrected chi connectivity index (χ1v) is 13.6. The maximum atomic E-state index is 12.9. The number of hydrogen-bond acceptors (Lipinski definition) is 4. The zero-order valence-electron chi connectivity index (χ0n) is 23.4. The van der Waals surface area contributed by atoms with Crippen LogP contribution < -0.4 is 0 Å². The number of nitrogens with zero attached hydrogens (tertiary/aromatic N) is 1. The lowest BCUT2D eigenvalue weighted by Gasteiger charge is -2.35. The Bertz CT molecular complexity index is 1090. The highest BCUT2D eigenvalue weighted by molar-refractivity contribution is 5.92. The van der Waals surface area contributed by atoms with E-state index < -0.39 is 5.97 Å². The Morgan fingerprint density at radius 1 is 1.05 bits per heavy atom. The number of fused-ring (bicyclic) bond motifs is 1. The molecule has 1 N–H and O–H groups in total. The average molecular weight is 506 g/mol. The van der Waals surface area contributed by atoms with E-state index in [0.717, 1.165) is 35.1 Å². The Labute approximate surface area is 223 Å². The quantitative estimate of drug-likeness (QED) is 0.339. The van der Waals surface area contributed by atoms with Crippen molar-refractivity contribution in [2.45, 2.75) is 84.6 Å². The molecule has 1 aromatic rings. The van der Waals surface area contributed by atoms with Gasteiger partial charge in [-0.1, -0.05) is 70.1 Å². The van der Waals surface area contributed by atoms with E-state index in [0.29, 0.717) is 24.5 Å². The fourth-order valence-corrected chi connectivity index (χ4v) is 4.34. The first-order valence-electron chi connectivity index (χ1n) is 13.6. The summed E-state index contributed by atoms with van der Waals surface area (Å²) in [5.41, 5.74) is 5.23. The summed E-state index contributed by atoms with van der Waals surface area (Å²) in [6, 6.07) is 4.14. The number of benzene rings is 1. The molecule has 2 atom stereocenters. The van der Waals surface area contributed by atoms with Gasteiger partial charge in [0, 0.05) is 17.2 Å². The molecule has 37 heavy (non-hydrogen) atoms. The van der Waals surface area contributed by atoms with E-state index in [-0.39, 0.29) is 18.4 Å². The highest BCUT2D eigenvalue weighted by Crippen LogP contribution is 2.42. The molecule has 5 nitrogen and oxygen atoms in total. The number of aliphatic carboxylic acids is 1. The third-order valence-electron chi connectivity index (χ3n) is 6.32. The molecular formula is C32H43NO4. The predicted octanol–water partition coefficient (Wildman–Crippen LogP) is 7.20. The minimum atomic E-state index is -0.846. The highest BCUT2D eigenvalue weighted by Gasteiger charge is 2.31. The number of carboxylic acid groups (broad SMARTS) is 1. The van der Waals surface area contributed by atoms with E-state index in [1.54, 1.807) is 0 Å². The van der Waals surface area contributed by atoms with Crippen LogP contribution in [0.5, 0.6) is 0 Å². The molecule has 5 heteroatoms. The van der Waals surface area contributed by atoms with Gasteiger partial charge >= 0.3 is 11.9 Å². The minimum Gasteiger partial charge on any atom is -0.481 e. The van der Waals surface area contributed by atoms with Crippen LogP contribution in [0.3, 0.4) is 0 Å². The summed E-state index contributed by atoms with van der Waals surface area (Å²) < 4.78 is 5.38. The van der Waals surface area contributed by atoms with E-state index in [1.165, 1.54) is 24.8 Å². The van der Waals surface area contributed by atoms with E-state index >= 15 is 0 Å². The van der Waals surface area contributed by atoms with Crippen molar-refractivity contribution in [3.8, 4) is 11.8 Å². The zero-order valence-corrected chi connectivity index (χ0v) is 23.4. The summed E-state index contributed by atoms with van der Waals surface area (Å²) in [6.07, 6.45) is 14.7. The first kappa shape index (κ1) is 30.1. The molecule has 0 bridgehead atoms. The van der Waals surface area contributed by atoms with Gasteiger partial charge in [0.15, 0.2) is 0 Å². The second-order valence-electron chi connectivity index (χ2n) is 9.59. The molecule has 1 fully saturated rings. The molecule has 4 rings (SSSR count). The number of carbonyl (C=O) groups excluding carboxylic acids is 1. The van der Waals surface area contributed by atoms with E-state index in [1.807, 2.05) is 65.2 Å². The number of ether oxygens (including phenoxy) is 1. The lowest BCUT2D eigenvalue weighted by atomic mass is 9.77. The maximum absolute atomic E-state index is 12.9. The second kappa shape index (κ2) is 15.2. The van der Waals surface area contributed by atoms with Gasteiger partial charge < -0.3 is 14.7 Å². The molecule has 1 aromatic carbocycles. The molecule has 0 aliphatic heterocycles. The monoisotopic (exact) mass is 505 g/mol. The highest BCUT2D eigenvalue weighted by atomic mass is 16.5. The number of carbonyl (C=O) groups is 2. The molecule has 2 unspecified atom stereocenters. The third-order valence-corrected chi connectivity index (χ3v) is 6.32. The van der Waals surface area contributed by atoms with Crippen molar-refractivity contribution in [3.05, 3.63) is 69.8 Å². The predicted molar refractivity (Wildman–Crippen MR) is 151 cm³/mol. The molecule has 0 aromatic heterocycles. The fraction of sp³-hybridized carbons (Fsp3) is 0.500. The summed E-state index contributed by atoms with van der Waals surface area (Å²) in [5, 5.41) is 9.00. The van der Waals surface area contributed by atoms with Crippen molar-refractivity contribution in [2.24, 2.45) is 0 Å². The zero-order chi connectivity index (χ0) is 27.4. The van der Waals surface area contributed by atoms with Gasteiger partial charge in [-0.3, -0.25) is 4.79 Å². The van der Waals surface area contributed by atoms with Crippen molar-refractivity contribution in [2.75, 3.05) is 20.7 Å². The van der Waals surface area contributed by atoms with Crippen LogP contribution in [-0.2, 0) is 9.53 Å². The minimum absolute atomic E-state index is 0.00367. The van der Waals surface area contributed by atoms with Crippen molar-refractivity contribution in [3.63, 3.8) is 0 Å². The SMILES string of the molecule is C1CC1.CC.CCOC(=O)c1cc(C#CC2=CCC=C(CC(=O)O)C=C2)cc2c1C(N(C)C)CCC2C. The van der Waals surface area contributed by atoms with Crippen LogP contribution in [0, 0.1) is 11.8 Å². The second-order valence-corrected chi connectivity index (χ2v) is 9.59. The molecule has 0 radical (unpaired) electrons. The summed E-state index contributed by atoms with van der Waals surface area (Å²) in [6.45, 7) is 8.34. The van der Waals surface area contributed by atoms with Crippen LogP contribution in [0.2, 0.25) is 0 Å². The topological polar surface area (TPSA) is 66.8 Å². The fourth-order valence-electron chi connectivity index (χ4n) is 4.34. The van der Waals surface area contributed by atoms with Crippen LogP contribution >= 0.6 is 0 Å². The maximum Gasteiger partial charge on any atom is 0.338 e. The normalized spacial score (nSPS) is 19.2. The lowest BCUT2D eigenvalue weighted by Crippen LogP contribution is -2.28.